The van der Waals surface area contributed by atoms with E-state index in [9.17, 15) is 4.79 Å². The number of ether oxygens (including phenoxy) is 1. The average Bonchev–Trinajstić information content (AvgIpc) is 3.00. The van der Waals surface area contributed by atoms with Crippen molar-refractivity contribution in [2.24, 2.45) is 0 Å². The van der Waals surface area contributed by atoms with Gasteiger partial charge in [0.25, 0.3) is 0 Å². The Bertz CT molecular complexity index is 1800. The van der Waals surface area contributed by atoms with Crippen LogP contribution in [0.25, 0.3) is 0 Å². The first-order valence-electron chi connectivity index (χ1n) is 19.3. The molecule has 0 unspecified atom stereocenters. The molecule has 1 saturated heterocycles. The third-order valence-electron chi connectivity index (χ3n) is 3.69. The topological polar surface area (TPSA) is 44.8 Å². The van der Waals surface area contributed by atoms with E-state index in [1.54, 1.807) is 0 Å². The Labute approximate surface area is 218 Å². The fraction of sp³-hybridized carbons (Fsp3) is 0.435. The van der Waals surface area contributed by atoms with E-state index in [-0.39, 0.29) is 18.4 Å². The molecule has 0 aliphatic carbocycles. The van der Waals surface area contributed by atoms with Gasteiger partial charge in [0.2, 0.25) is 5.91 Å². The van der Waals surface area contributed by atoms with Crippen LogP contribution in [0.5, 0.6) is 5.75 Å². The average molecular weight is 471 g/mol. The number of hydrogen-bond donors (Lipinski definition) is 1. The van der Waals surface area contributed by atoms with Gasteiger partial charge in [-0.2, -0.15) is 0 Å². The van der Waals surface area contributed by atoms with E-state index >= 15 is 0 Å². The Morgan fingerprint density at radius 3 is 2.80 bits per heavy atom. The van der Waals surface area contributed by atoms with Gasteiger partial charge in [-0.1, -0.05) is 35.3 Å². The maximum Gasteiger partial charge on any atom is 0.224 e. The largest absolute Gasteiger partial charge is 0.494 e. The van der Waals surface area contributed by atoms with Crippen molar-refractivity contribution in [3.63, 3.8) is 0 Å². The first kappa shape index (κ1) is 7.29. The van der Waals surface area contributed by atoms with Crippen molar-refractivity contribution in [2.45, 2.75) is 25.6 Å². The number of nitrogens with zero attached hydrogens (tertiary/aromatic N) is 2. The minimum Gasteiger partial charge on any atom is -0.494 e. The second-order valence-electron chi connectivity index (χ2n) is 5.64. The van der Waals surface area contributed by atoms with Crippen molar-refractivity contribution in [1.29, 1.82) is 0 Å². The van der Waals surface area contributed by atoms with Gasteiger partial charge in [-0.3, -0.25) is 9.69 Å². The van der Waals surface area contributed by atoms with Crippen LogP contribution in [0.15, 0.2) is 36.3 Å². The Morgan fingerprint density at radius 2 is 1.97 bits per heavy atom. The molecule has 2 aliphatic heterocycles. The quantitative estimate of drug-likeness (QED) is 0.628. The summed E-state index contributed by atoms with van der Waals surface area (Å²) in [5.41, 5.74) is -1.65. The predicted octanol–water partition coefficient (Wildman–Crippen LogP) is 4.86. The van der Waals surface area contributed by atoms with E-state index in [0.29, 0.717) is 0 Å². The highest BCUT2D eigenvalue weighted by Crippen LogP contribution is 2.33. The van der Waals surface area contributed by atoms with Crippen LogP contribution in [0.4, 0.5) is 11.4 Å². The summed E-state index contributed by atoms with van der Waals surface area (Å²) in [6.07, 6.45) is -9.29. The normalized spacial score (nSPS) is 36.2. The van der Waals surface area contributed by atoms with Gasteiger partial charge in [0.15, 0.2) is 0 Å². The molecule has 0 atom stereocenters. The van der Waals surface area contributed by atoms with Gasteiger partial charge < -0.3 is 15.0 Å². The lowest BCUT2D eigenvalue weighted by Crippen LogP contribution is -2.46. The third-order valence-corrected chi connectivity index (χ3v) is 4.44. The maximum atomic E-state index is 12.0. The number of amides is 1. The molecule has 0 saturated carbocycles. The molecular formula is C23H27Cl2N3O2. The van der Waals surface area contributed by atoms with E-state index < -0.39 is 131 Å². The van der Waals surface area contributed by atoms with Crippen LogP contribution >= 0.6 is 23.2 Å². The number of fused-ring (bicyclic) bond motifs is 1. The molecule has 2 aromatic rings. The second-order valence-corrected chi connectivity index (χ2v) is 6.40. The molecule has 2 heterocycles. The predicted molar refractivity (Wildman–Crippen MR) is 123 cm³/mol. The van der Waals surface area contributed by atoms with Crippen molar-refractivity contribution >= 4 is 40.5 Å². The summed E-state index contributed by atoms with van der Waals surface area (Å²) >= 11 is 12.1. The molecule has 1 N–H and O–H groups in total. The van der Waals surface area contributed by atoms with Crippen LogP contribution in [-0.4, -0.2) is 49.9 Å². The molecule has 160 valence electrons. The highest BCUT2D eigenvalue weighted by molar-refractivity contribution is 6.43. The lowest BCUT2D eigenvalue weighted by Gasteiger charge is -2.36. The third kappa shape index (κ3) is 5.20. The fourth-order valence-electron chi connectivity index (χ4n) is 2.32. The van der Waals surface area contributed by atoms with Crippen LogP contribution in [0, 0.1) is 0 Å². The van der Waals surface area contributed by atoms with E-state index in [1.807, 2.05) is 0 Å². The summed E-state index contributed by atoms with van der Waals surface area (Å²) in [6, 6.07) is -5.80. The highest BCUT2D eigenvalue weighted by atomic mass is 35.5. The molecule has 2 aliphatic rings. The van der Waals surface area contributed by atoms with Gasteiger partial charge in [-0.25, -0.2) is 0 Å². The molecule has 0 aromatic heterocycles. The summed E-state index contributed by atoms with van der Waals surface area (Å²) < 4.78 is 191. The van der Waals surface area contributed by atoms with Gasteiger partial charge in [0.1, 0.15) is 5.75 Å². The number of carbonyl (C=O) groups excluding carboxylic acids is 1. The standard InChI is InChI=1S/C23H27Cl2N3O2/c24-19-4-3-5-21(23(19)25)28-13-11-27(12-14-28)10-1-2-15-30-18-8-6-17-7-9-22(29)26-20(17)16-18/h3-6,8,16H,1-2,7,9-15H2,(H,26,29)/i1D2,2D2,3D,4D,5D,6D,8D,10D2,11D2,12D2,13D2,14D2,15D2,16D. The zero-order chi connectivity index (χ0) is 40.5. The molecule has 2 aromatic carbocycles. The number of anilines is 2. The highest BCUT2D eigenvalue weighted by Gasteiger charge is 2.19. The van der Waals surface area contributed by atoms with Crippen LogP contribution < -0.4 is 15.0 Å². The van der Waals surface area contributed by atoms with E-state index in [0.717, 1.165) is 0 Å². The Hall–Kier alpha value is -1.95. The zero-order valence-electron chi connectivity index (χ0n) is 36.9. The first-order valence-corrected chi connectivity index (χ1v) is 9.05. The van der Waals surface area contributed by atoms with E-state index in [2.05, 4.69) is 5.32 Å². The molecule has 0 bridgehead atoms. The van der Waals surface area contributed by atoms with Crippen molar-refractivity contribution < 1.29 is 39.7 Å². The van der Waals surface area contributed by atoms with Crippen LogP contribution in [0.2, 0.25) is 10.0 Å². The second kappa shape index (κ2) is 9.90. The number of halogens is 2. The minimum absolute atomic E-state index is 0.0139. The molecule has 0 radical (unpaired) electrons. The number of hydrogen-bond acceptors (Lipinski definition) is 4. The van der Waals surface area contributed by atoms with Gasteiger partial charge in [0, 0.05) is 57.8 Å². The molecule has 1 amide bonds. The lowest BCUT2D eigenvalue weighted by atomic mass is 10.0. The van der Waals surface area contributed by atoms with Crippen molar-refractivity contribution in [2.75, 3.05) is 49.3 Å². The number of piperazine rings is 1. The molecule has 5 nitrogen and oxygen atoms in total. The maximum absolute atomic E-state index is 12.0. The Morgan fingerprint density at radius 1 is 1.13 bits per heavy atom. The number of nitrogens with one attached hydrogen (secondary N) is 1. The van der Waals surface area contributed by atoms with Gasteiger partial charge >= 0.3 is 0 Å². The molecule has 30 heavy (non-hydrogen) atoms. The van der Waals surface area contributed by atoms with Crippen molar-refractivity contribution in [3.05, 3.63) is 51.9 Å². The van der Waals surface area contributed by atoms with Gasteiger partial charge in [0.05, 0.1) is 38.7 Å². The number of rotatable bonds is 7. The lowest BCUT2D eigenvalue weighted by molar-refractivity contribution is -0.116. The van der Waals surface area contributed by atoms with Crippen LogP contribution in [0.3, 0.4) is 0 Å². The van der Waals surface area contributed by atoms with E-state index in [1.165, 1.54) is 0 Å². The molecule has 0 spiro atoms. The van der Waals surface area contributed by atoms with Crippen molar-refractivity contribution in [1.82, 2.24) is 4.90 Å². The summed E-state index contributed by atoms with van der Waals surface area (Å²) in [6.45, 7) is -25.8. The van der Waals surface area contributed by atoms with Crippen LogP contribution in [-0.2, 0) is 11.2 Å². The van der Waals surface area contributed by atoms with Crippen molar-refractivity contribution in [3.8, 4) is 5.75 Å². The van der Waals surface area contributed by atoms with Gasteiger partial charge in [-0.15, -0.1) is 0 Å². The first-order chi connectivity index (χ1) is 23.1. The smallest absolute Gasteiger partial charge is 0.224 e. The molecule has 4 rings (SSSR count). The van der Waals surface area contributed by atoms with Gasteiger partial charge in [-0.05, 0) is 49.4 Å². The zero-order valence-corrected chi connectivity index (χ0v) is 16.4. The summed E-state index contributed by atoms with van der Waals surface area (Å²) in [5.74, 6) is -1.83. The Kier molecular flexibility index (Phi) is 2.41. The fourth-order valence-corrected chi connectivity index (χ4v) is 2.64. The molecule has 1 fully saturated rings. The monoisotopic (exact) mass is 469 g/mol. The van der Waals surface area contributed by atoms with E-state index in [4.69, 9.17) is 58.1 Å². The minimum atomic E-state index is -4.62. The summed E-state index contributed by atoms with van der Waals surface area (Å²) in [7, 11) is 0. The summed E-state index contributed by atoms with van der Waals surface area (Å²) in [4.78, 5) is 10.6. The molecule has 7 heteroatoms. The number of carbonyl (C=O) groups is 1. The van der Waals surface area contributed by atoms with Crippen LogP contribution in [0.1, 0.15) is 54.9 Å². The summed E-state index contributed by atoms with van der Waals surface area (Å²) in [5, 5.41) is 0.405. The number of benzene rings is 2. The molecular weight excluding hydrogens is 421 g/mol. The Balaban J connectivity index is 1.90. The SMILES string of the molecule is [2H]c1c([2H])c(Cl)c(Cl)c(N2C([2H])([2H])C([2H])([2H])N(C([2H])([2H])C([2H])([2H])C([2H])([2H])C([2H])([2H])Oc3c([2H])c([2H])c4c(c3[2H])NC(=O)CC4)C([2H])([2H])C2([2H])[2H])c1[2H].